The Hall–Kier alpha value is -3.73. The maximum atomic E-state index is 13.7. The van der Waals surface area contributed by atoms with E-state index in [-0.39, 0.29) is 18.1 Å². The minimum Gasteiger partial charge on any atom is -0.310 e. The van der Waals surface area contributed by atoms with E-state index in [4.69, 9.17) is 5.10 Å². The Bertz CT molecular complexity index is 1340. The van der Waals surface area contributed by atoms with Crippen LogP contribution in [0.3, 0.4) is 0 Å². The van der Waals surface area contributed by atoms with Gasteiger partial charge in [0, 0.05) is 17.5 Å². The molecule has 1 atom stereocenters. The van der Waals surface area contributed by atoms with Crippen LogP contribution in [0.1, 0.15) is 45.1 Å². The third-order valence-electron chi connectivity index (χ3n) is 5.93. The number of carbonyl (C=O) groups is 2. The summed E-state index contributed by atoms with van der Waals surface area (Å²) in [6.07, 6.45) is 0.119. The number of aromatic nitrogens is 2. The minimum absolute atomic E-state index is 0.0454. The molecule has 0 saturated carbocycles. The molecular weight excluding hydrogens is 386 g/mol. The maximum Gasteiger partial charge on any atom is 0.226 e. The quantitative estimate of drug-likeness (QED) is 0.470. The fraction of sp³-hybridized carbons (Fsp3) is 0.192. The molecular formula is C26H23N3O2. The molecule has 0 aliphatic carbocycles. The summed E-state index contributed by atoms with van der Waals surface area (Å²) in [6.45, 7) is 5.97. The van der Waals surface area contributed by atoms with Crippen molar-refractivity contribution in [1.82, 2.24) is 9.78 Å². The van der Waals surface area contributed by atoms with Gasteiger partial charge < -0.3 is 5.32 Å². The zero-order chi connectivity index (χ0) is 21.7. The highest BCUT2D eigenvalue weighted by molar-refractivity contribution is 6.14. The van der Waals surface area contributed by atoms with Crippen LogP contribution >= 0.6 is 0 Å². The van der Waals surface area contributed by atoms with Crippen LogP contribution in [0.4, 0.5) is 5.82 Å². The molecule has 31 heavy (non-hydrogen) atoms. The van der Waals surface area contributed by atoms with Crippen LogP contribution in [0, 0.1) is 20.8 Å². The smallest absolute Gasteiger partial charge is 0.226 e. The summed E-state index contributed by atoms with van der Waals surface area (Å²) in [5.41, 5.74) is 5.30. The van der Waals surface area contributed by atoms with Gasteiger partial charge in [-0.3, -0.25) is 9.59 Å². The molecule has 0 spiro atoms. The first-order valence-corrected chi connectivity index (χ1v) is 10.4. The number of hydrogen-bond donors (Lipinski definition) is 1. The number of fused-ring (bicyclic) bond motifs is 2. The highest BCUT2D eigenvalue weighted by Crippen LogP contribution is 2.39. The third kappa shape index (κ3) is 3.22. The summed E-state index contributed by atoms with van der Waals surface area (Å²) < 4.78 is 1.76. The molecule has 0 radical (unpaired) electrons. The van der Waals surface area contributed by atoms with E-state index in [0.29, 0.717) is 11.4 Å². The number of amides is 1. The van der Waals surface area contributed by atoms with Crippen LogP contribution in [0.15, 0.2) is 60.7 Å². The predicted molar refractivity (Wildman–Crippen MR) is 122 cm³/mol. The van der Waals surface area contributed by atoms with E-state index >= 15 is 0 Å². The van der Waals surface area contributed by atoms with Crippen molar-refractivity contribution in [2.24, 2.45) is 0 Å². The Morgan fingerprint density at radius 3 is 2.48 bits per heavy atom. The van der Waals surface area contributed by atoms with Gasteiger partial charge in [0.2, 0.25) is 5.91 Å². The number of aryl methyl sites for hydroxylation is 3. The molecule has 0 unspecified atom stereocenters. The van der Waals surface area contributed by atoms with Crippen LogP contribution in [-0.2, 0) is 4.79 Å². The lowest BCUT2D eigenvalue weighted by Crippen LogP contribution is -2.28. The van der Waals surface area contributed by atoms with Crippen molar-refractivity contribution in [3.8, 4) is 5.69 Å². The fourth-order valence-electron chi connectivity index (χ4n) is 4.66. The molecule has 0 fully saturated rings. The molecule has 1 N–H and O–H groups in total. The van der Waals surface area contributed by atoms with E-state index in [0.717, 1.165) is 38.8 Å². The molecule has 5 heteroatoms. The summed E-state index contributed by atoms with van der Waals surface area (Å²) in [6, 6.07) is 19.7. The highest BCUT2D eigenvalue weighted by atomic mass is 16.2. The SMILES string of the molecule is Cc1cc(C)cc(-n2nc(C)c3c2NC(=O)C[C@@H]3C(=O)c2cccc3ccccc23)c1. The number of carbonyl (C=O) groups excluding carboxylic acids is 2. The fourth-order valence-corrected chi connectivity index (χ4v) is 4.66. The highest BCUT2D eigenvalue weighted by Gasteiger charge is 2.36. The van der Waals surface area contributed by atoms with Gasteiger partial charge in [-0.25, -0.2) is 4.68 Å². The van der Waals surface area contributed by atoms with Crippen LogP contribution in [0.5, 0.6) is 0 Å². The van der Waals surface area contributed by atoms with Crippen molar-refractivity contribution in [2.45, 2.75) is 33.1 Å². The van der Waals surface area contributed by atoms with E-state index in [2.05, 4.69) is 11.4 Å². The topological polar surface area (TPSA) is 64.0 Å². The van der Waals surface area contributed by atoms with E-state index in [1.54, 1.807) is 4.68 Å². The Labute approximate surface area is 180 Å². The van der Waals surface area contributed by atoms with Crippen molar-refractivity contribution < 1.29 is 9.59 Å². The molecule has 5 nitrogen and oxygen atoms in total. The molecule has 2 heterocycles. The van der Waals surface area contributed by atoms with Crippen LogP contribution in [0.2, 0.25) is 0 Å². The van der Waals surface area contributed by atoms with Crippen LogP contribution in [0.25, 0.3) is 16.5 Å². The van der Waals surface area contributed by atoms with Crippen molar-refractivity contribution in [3.05, 3.63) is 88.6 Å². The van der Waals surface area contributed by atoms with Gasteiger partial charge in [-0.15, -0.1) is 0 Å². The molecule has 4 aromatic rings. The van der Waals surface area contributed by atoms with Crippen molar-refractivity contribution in [1.29, 1.82) is 0 Å². The van der Waals surface area contributed by atoms with Gasteiger partial charge in [0.15, 0.2) is 5.78 Å². The van der Waals surface area contributed by atoms with Crippen molar-refractivity contribution >= 4 is 28.3 Å². The van der Waals surface area contributed by atoms with E-state index < -0.39 is 5.92 Å². The number of ketones is 1. The molecule has 0 saturated heterocycles. The maximum absolute atomic E-state index is 13.7. The van der Waals surface area contributed by atoms with Crippen LogP contribution < -0.4 is 5.32 Å². The minimum atomic E-state index is -0.561. The first kappa shape index (κ1) is 19.2. The van der Waals surface area contributed by atoms with E-state index in [1.165, 1.54) is 0 Å². The molecule has 3 aromatic carbocycles. The number of Topliss-reactive ketones (excluding diaryl/α,β-unsaturated/α-hetero) is 1. The number of benzene rings is 3. The Balaban J connectivity index is 1.66. The molecule has 1 amide bonds. The Morgan fingerprint density at radius 2 is 1.71 bits per heavy atom. The summed E-state index contributed by atoms with van der Waals surface area (Å²) in [4.78, 5) is 26.4. The second kappa shape index (κ2) is 7.20. The second-order valence-corrected chi connectivity index (χ2v) is 8.30. The van der Waals surface area contributed by atoms with Crippen LogP contribution in [-0.4, -0.2) is 21.5 Å². The summed E-state index contributed by atoms with van der Waals surface area (Å²) in [5.74, 6) is -0.181. The van der Waals surface area contributed by atoms with Gasteiger partial charge in [-0.2, -0.15) is 5.10 Å². The predicted octanol–water partition coefficient (Wildman–Crippen LogP) is 5.26. The number of rotatable bonds is 3. The number of nitrogens with one attached hydrogen (secondary N) is 1. The average Bonchev–Trinajstić information content (AvgIpc) is 3.08. The molecule has 1 aliphatic rings. The summed E-state index contributed by atoms with van der Waals surface area (Å²) in [7, 11) is 0. The zero-order valence-corrected chi connectivity index (χ0v) is 17.8. The normalized spacial score (nSPS) is 15.6. The van der Waals surface area contributed by atoms with Gasteiger partial charge >= 0.3 is 0 Å². The third-order valence-corrected chi connectivity index (χ3v) is 5.93. The van der Waals surface area contributed by atoms with E-state index in [1.807, 2.05) is 75.4 Å². The first-order valence-electron chi connectivity index (χ1n) is 10.4. The standard InChI is InChI=1S/C26H23N3O2/c1-15-11-16(2)13-19(12-15)29-26-24(17(3)28-29)22(14-23(30)27-26)25(31)21-10-6-8-18-7-4-5-9-20(18)21/h4-13,22H,14H2,1-3H3,(H,27,30)/t22-/m0/s1. The number of anilines is 1. The van der Waals surface area contributed by atoms with Gasteiger partial charge in [-0.05, 0) is 54.8 Å². The number of nitrogens with zero attached hydrogens (tertiary/aromatic N) is 2. The molecule has 1 aromatic heterocycles. The van der Waals surface area contributed by atoms with Gasteiger partial charge in [-0.1, -0.05) is 48.5 Å². The van der Waals surface area contributed by atoms with Crippen molar-refractivity contribution in [2.75, 3.05) is 5.32 Å². The largest absolute Gasteiger partial charge is 0.310 e. The Kier molecular flexibility index (Phi) is 4.47. The van der Waals surface area contributed by atoms with E-state index in [9.17, 15) is 9.59 Å². The summed E-state index contributed by atoms with van der Waals surface area (Å²) in [5, 5.41) is 9.60. The molecule has 154 valence electrons. The second-order valence-electron chi connectivity index (χ2n) is 8.30. The average molecular weight is 409 g/mol. The number of hydrogen-bond acceptors (Lipinski definition) is 3. The van der Waals surface area contributed by atoms with Gasteiger partial charge in [0.25, 0.3) is 0 Å². The Morgan fingerprint density at radius 1 is 1.00 bits per heavy atom. The molecule has 1 aliphatic heterocycles. The molecule has 5 rings (SSSR count). The lowest BCUT2D eigenvalue weighted by molar-refractivity contribution is -0.116. The van der Waals surface area contributed by atoms with Crippen molar-refractivity contribution in [3.63, 3.8) is 0 Å². The summed E-state index contributed by atoms with van der Waals surface area (Å²) >= 11 is 0. The molecule has 0 bridgehead atoms. The monoisotopic (exact) mass is 409 g/mol. The van der Waals surface area contributed by atoms with Gasteiger partial charge in [0.1, 0.15) is 5.82 Å². The van der Waals surface area contributed by atoms with Gasteiger partial charge in [0.05, 0.1) is 17.3 Å². The zero-order valence-electron chi connectivity index (χ0n) is 17.8. The first-order chi connectivity index (χ1) is 14.9. The lowest BCUT2D eigenvalue weighted by Gasteiger charge is -2.23. The lowest BCUT2D eigenvalue weighted by atomic mass is 9.84.